The van der Waals surface area contributed by atoms with Crippen LogP contribution in [0.3, 0.4) is 0 Å². The number of carbonyl (C=O) groups excluding carboxylic acids is 1. The van der Waals surface area contributed by atoms with Crippen LogP contribution in [0, 0.1) is 11.8 Å². The van der Waals surface area contributed by atoms with Crippen LogP contribution in [0.25, 0.3) is 0 Å². The number of anilines is 1. The van der Waals surface area contributed by atoms with E-state index in [1.807, 2.05) is 12.1 Å². The number of nitrogens with one attached hydrogen (secondary N) is 1. The monoisotopic (exact) mass is 291 g/mol. The lowest BCUT2D eigenvalue weighted by Crippen LogP contribution is -2.29. The maximum atomic E-state index is 12.0. The van der Waals surface area contributed by atoms with Crippen molar-refractivity contribution >= 4 is 36.4 Å². The van der Waals surface area contributed by atoms with E-state index in [1.165, 1.54) is 0 Å². The van der Waals surface area contributed by atoms with Gasteiger partial charge in [-0.1, -0.05) is 6.42 Å². The Kier molecular flexibility index (Phi) is 7.91. The van der Waals surface area contributed by atoms with Crippen molar-refractivity contribution in [3.63, 3.8) is 0 Å². The fourth-order valence-electron chi connectivity index (χ4n) is 2.34. The van der Waals surface area contributed by atoms with E-state index in [1.54, 1.807) is 12.4 Å². The maximum absolute atomic E-state index is 12.0. The number of nitrogens with two attached hydrogens (primary N) is 1. The summed E-state index contributed by atoms with van der Waals surface area (Å²) in [6.45, 7) is 0.602. The Labute approximate surface area is 120 Å². The lowest BCUT2D eigenvalue weighted by atomic mass is 9.95. The number of nitrogens with zero attached hydrogens (tertiary/aromatic N) is 1. The second-order valence-electron chi connectivity index (χ2n) is 4.26. The summed E-state index contributed by atoms with van der Waals surface area (Å²) < 4.78 is 0. The molecule has 1 aliphatic carbocycles. The normalized spacial score (nSPS) is 21.6. The Balaban J connectivity index is 0.00000144. The first kappa shape index (κ1) is 17.2. The average Bonchev–Trinajstić information content (AvgIpc) is 2.78. The molecule has 1 amide bonds. The molecular weight excluding hydrogens is 273 g/mol. The van der Waals surface area contributed by atoms with Gasteiger partial charge in [0, 0.05) is 12.1 Å². The number of halogens is 2. The van der Waals surface area contributed by atoms with Gasteiger partial charge in [0.05, 0.1) is 11.9 Å². The van der Waals surface area contributed by atoms with Gasteiger partial charge in [0.15, 0.2) is 0 Å². The van der Waals surface area contributed by atoms with Crippen molar-refractivity contribution < 1.29 is 4.79 Å². The summed E-state index contributed by atoms with van der Waals surface area (Å²) in [5.41, 5.74) is 6.42. The quantitative estimate of drug-likeness (QED) is 0.897. The standard InChI is InChI=1S/C12H17N3O.2ClH/c13-7-9-3-1-5-11(9)12(16)15-10-4-2-6-14-8-10;;/h2,4,6,8-9,11H,1,3,5,7,13H2,(H,15,16);2*1H/t9-,11-;;/m1../s1. The SMILES string of the molecule is Cl.Cl.NC[C@H]1CCC[C@H]1C(=O)Nc1cccnc1. The van der Waals surface area contributed by atoms with Gasteiger partial charge in [0.25, 0.3) is 0 Å². The molecule has 1 saturated carbocycles. The van der Waals surface area contributed by atoms with Crippen molar-refractivity contribution in [2.75, 3.05) is 11.9 Å². The number of amides is 1. The number of hydrogen-bond acceptors (Lipinski definition) is 3. The molecule has 102 valence electrons. The number of hydrogen-bond donors (Lipinski definition) is 2. The van der Waals surface area contributed by atoms with E-state index in [0.717, 1.165) is 24.9 Å². The molecule has 3 N–H and O–H groups in total. The van der Waals surface area contributed by atoms with Gasteiger partial charge >= 0.3 is 0 Å². The molecule has 1 aliphatic rings. The summed E-state index contributed by atoms with van der Waals surface area (Å²) >= 11 is 0. The van der Waals surface area contributed by atoms with Crippen LogP contribution in [0.5, 0.6) is 0 Å². The maximum Gasteiger partial charge on any atom is 0.227 e. The van der Waals surface area contributed by atoms with Crippen molar-refractivity contribution in [1.29, 1.82) is 0 Å². The van der Waals surface area contributed by atoms with Gasteiger partial charge in [0.2, 0.25) is 5.91 Å². The van der Waals surface area contributed by atoms with E-state index in [0.29, 0.717) is 12.5 Å². The molecule has 0 aromatic carbocycles. The number of rotatable bonds is 3. The van der Waals surface area contributed by atoms with Crippen molar-refractivity contribution in [2.45, 2.75) is 19.3 Å². The second kappa shape index (κ2) is 8.29. The van der Waals surface area contributed by atoms with Gasteiger partial charge in [-0.25, -0.2) is 0 Å². The molecular formula is C12H19Cl2N3O. The second-order valence-corrected chi connectivity index (χ2v) is 4.26. The van der Waals surface area contributed by atoms with E-state index in [9.17, 15) is 4.79 Å². The van der Waals surface area contributed by atoms with Crippen LogP contribution in [0.1, 0.15) is 19.3 Å². The van der Waals surface area contributed by atoms with E-state index in [4.69, 9.17) is 5.73 Å². The first-order chi connectivity index (χ1) is 7.81. The molecule has 2 atom stereocenters. The predicted molar refractivity (Wildman–Crippen MR) is 77.2 cm³/mol. The van der Waals surface area contributed by atoms with Gasteiger partial charge in [0.1, 0.15) is 0 Å². The molecule has 0 unspecified atom stereocenters. The summed E-state index contributed by atoms with van der Waals surface area (Å²) in [6, 6.07) is 3.65. The third-order valence-corrected chi connectivity index (χ3v) is 3.23. The summed E-state index contributed by atoms with van der Waals surface area (Å²) in [5.74, 6) is 0.503. The fourth-order valence-corrected chi connectivity index (χ4v) is 2.34. The van der Waals surface area contributed by atoms with Crippen LogP contribution in [-0.2, 0) is 4.79 Å². The number of carbonyl (C=O) groups is 1. The molecule has 1 aromatic rings. The third-order valence-electron chi connectivity index (χ3n) is 3.23. The molecule has 1 heterocycles. The highest BCUT2D eigenvalue weighted by molar-refractivity contribution is 5.92. The molecule has 1 fully saturated rings. The van der Waals surface area contributed by atoms with E-state index in [2.05, 4.69) is 10.3 Å². The molecule has 0 aliphatic heterocycles. The van der Waals surface area contributed by atoms with Gasteiger partial charge in [-0.2, -0.15) is 0 Å². The molecule has 18 heavy (non-hydrogen) atoms. The average molecular weight is 292 g/mol. The molecule has 1 aromatic heterocycles. The summed E-state index contributed by atoms with van der Waals surface area (Å²) in [7, 11) is 0. The van der Waals surface area contributed by atoms with E-state index < -0.39 is 0 Å². The Morgan fingerprint density at radius 2 is 2.22 bits per heavy atom. The summed E-state index contributed by atoms with van der Waals surface area (Å²) in [5, 5.41) is 2.89. The predicted octanol–water partition coefficient (Wildman–Crippen LogP) is 2.24. The largest absolute Gasteiger partial charge is 0.330 e. The van der Waals surface area contributed by atoms with E-state index >= 15 is 0 Å². The van der Waals surface area contributed by atoms with Crippen LogP contribution >= 0.6 is 24.8 Å². The van der Waals surface area contributed by atoms with Crippen LogP contribution in [-0.4, -0.2) is 17.4 Å². The van der Waals surface area contributed by atoms with Gasteiger partial charge in [-0.05, 0) is 37.4 Å². The molecule has 0 bridgehead atoms. The Hall–Kier alpha value is -0.840. The van der Waals surface area contributed by atoms with Gasteiger partial charge < -0.3 is 11.1 Å². The zero-order valence-electron chi connectivity index (χ0n) is 10.0. The first-order valence-electron chi connectivity index (χ1n) is 5.72. The molecule has 6 heteroatoms. The Morgan fingerprint density at radius 3 is 2.83 bits per heavy atom. The van der Waals surface area contributed by atoms with Gasteiger partial charge in [-0.3, -0.25) is 9.78 Å². The van der Waals surface area contributed by atoms with Gasteiger partial charge in [-0.15, -0.1) is 24.8 Å². The summed E-state index contributed by atoms with van der Waals surface area (Å²) in [6.07, 6.45) is 6.47. The minimum absolute atomic E-state index is 0. The number of pyridine rings is 1. The van der Waals surface area contributed by atoms with Crippen molar-refractivity contribution in [3.05, 3.63) is 24.5 Å². The topological polar surface area (TPSA) is 68.0 Å². The van der Waals surface area contributed by atoms with E-state index in [-0.39, 0.29) is 36.6 Å². The minimum atomic E-state index is 0. The number of aromatic nitrogens is 1. The molecule has 0 saturated heterocycles. The lowest BCUT2D eigenvalue weighted by Gasteiger charge is -2.17. The summed E-state index contributed by atoms with van der Waals surface area (Å²) in [4.78, 5) is 16.0. The third kappa shape index (κ3) is 4.12. The van der Waals surface area contributed by atoms with Crippen molar-refractivity contribution in [2.24, 2.45) is 17.6 Å². The lowest BCUT2D eigenvalue weighted by molar-refractivity contribution is -0.120. The van der Waals surface area contributed by atoms with Crippen molar-refractivity contribution in [1.82, 2.24) is 4.98 Å². The molecule has 2 rings (SSSR count). The molecule has 0 radical (unpaired) electrons. The fraction of sp³-hybridized carbons (Fsp3) is 0.500. The van der Waals surface area contributed by atoms with Crippen LogP contribution in [0.15, 0.2) is 24.5 Å². The highest BCUT2D eigenvalue weighted by Gasteiger charge is 2.31. The van der Waals surface area contributed by atoms with Crippen LogP contribution in [0.4, 0.5) is 5.69 Å². The van der Waals surface area contributed by atoms with Crippen LogP contribution < -0.4 is 11.1 Å². The Bertz CT molecular complexity index is 362. The highest BCUT2D eigenvalue weighted by Crippen LogP contribution is 2.31. The molecule has 4 nitrogen and oxygen atoms in total. The Morgan fingerprint density at radius 1 is 1.44 bits per heavy atom. The van der Waals surface area contributed by atoms with Crippen molar-refractivity contribution in [3.8, 4) is 0 Å². The zero-order chi connectivity index (χ0) is 11.4. The highest BCUT2D eigenvalue weighted by atomic mass is 35.5. The zero-order valence-corrected chi connectivity index (χ0v) is 11.7. The smallest absolute Gasteiger partial charge is 0.227 e. The minimum Gasteiger partial charge on any atom is -0.330 e. The first-order valence-corrected chi connectivity index (χ1v) is 5.72. The van der Waals surface area contributed by atoms with Crippen LogP contribution in [0.2, 0.25) is 0 Å². The molecule has 0 spiro atoms.